The van der Waals surface area contributed by atoms with Crippen molar-refractivity contribution in [2.24, 2.45) is 0 Å². The Bertz CT molecular complexity index is 1420. The van der Waals surface area contributed by atoms with Gasteiger partial charge in [0.05, 0.1) is 6.54 Å². The highest BCUT2D eigenvalue weighted by Crippen LogP contribution is 2.32. The van der Waals surface area contributed by atoms with Gasteiger partial charge in [0, 0.05) is 16.8 Å². The summed E-state index contributed by atoms with van der Waals surface area (Å²) in [6.45, 7) is 0.576. The van der Waals surface area contributed by atoms with Gasteiger partial charge in [0.2, 0.25) is 5.89 Å². The van der Waals surface area contributed by atoms with Gasteiger partial charge in [-0.1, -0.05) is 60.7 Å². The zero-order valence-corrected chi connectivity index (χ0v) is 16.7. The predicted octanol–water partition coefficient (Wildman–Crippen LogP) is 6.32. The summed E-state index contributed by atoms with van der Waals surface area (Å²) in [6, 6.07) is 31.9. The van der Waals surface area contributed by atoms with Crippen molar-refractivity contribution >= 4 is 22.7 Å². The lowest BCUT2D eigenvalue weighted by Gasteiger charge is -2.15. The van der Waals surface area contributed by atoms with Crippen molar-refractivity contribution in [2.75, 3.05) is 4.90 Å². The molecule has 5 aromatic rings. The fourth-order valence-electron chi connectivity index (χ4n) is 4.11. The highest BCUT2D eigenvalue weighted by atomic mass is 16.3. The zero-order chi connectivity index (χ0) is 20.8. The molecule has 2 heterocycles. The third kappa shape index (κ3) is 3.01. The standard InChI is InChI=1S/C27H18N2O2/c30-27-23-9-5-4-8-21(23)17-29(27)22-14-15-25-24(16-22)28-26(31-25)20-12-10-19(11-13-20)18-6-2-1-3-7-18/h1-16H,17H2. The largest absolute Gasteiger partial charge is 0.436 e. The Morgan fingerprint density at radius 2 is 1.45 bits per heavy atom. The zero-order valence-electron chi connectivity index (χ0n) is 16.7. The molecule has 0 fully saturated rings. The monoisotopic (exact) mass is 402 g/mol. The minimum atomic E-state index is 0.0233. The number of hydrogen-bond donors (Lipinski definition) is 0. The molecule has 0 aliphatic carbocycles. The third-order valence-corrected chi connectivity index (χ3v) is 5.74. The van der Waals surface area contributed by atoms with Crippen molar-refractivity contribution in [3.63, 3.8) is 0 Å². The minimum Gasteiger partial charge on any atom is -0.436 e. The van der Waals surface area contributed by atoms with Crippen LogP contribution in [0.1, 0.15) is 15.9 Å². The first-order chi connectivity index (χ1) is 15.3. The van der Waals surface area contributed by atoms with E-state index in [0.29, 0.717) is 18.0 Å². The van der Waals surface area contributed by atoms with Gasteiger partial charge in [-0.2, -0.15) is 0 Å². The Balaban J connectivity index is 1.31. The quantitative estimate of drug-likeness (QED) is 0.355. The molecule has 0 atom stereocenters. The number of fused-ring (bicyclic) bond motifs is 2. The number of nitrogens with zero attached hydrogens (tertiary/aromatic N) is 2. The number of benzene rings is 4. The first kappa shape index (κ1) is 17.7. The van der Waals surface area contributed by atoms with E-state index in [1.54, 1.807) is 4.90 Å². The van der Waals surface area contributed by atoms with Gasteiger partial charge in [0.15, 0.2) is 5.58 Å². The van der Waals surface area contributed by atoms with Crippen LogP contribution in [0.15, 0.2) is 101 Å². The van der Waals surface area contributed by atoms with Crippen molar-refractivity contribution in [1.29, 1.82) is 0 Å². The summed E-state index contributed by atoms with van der Waals surface area (Å²) in [4.78, 5) is 19.3. The van der Waals surface area contributed by atoms with Crippen molar-refractivity contribution < 1.29 is 9.21 Å². The van der Waals surface area contributed by atoms with E-state index in [0.717, 1.165) is 33.5 Å². The van der Waals surface area contributed by atoms with E-state index < -0.39 is 0 Å². The summed E-state index contributed by atoms with van der Waals surface area (Å²) in [6.07, 6.45) is 0. The summed E-state index contributed by atoms with van der Waals surface area (Å²) in [5, 5.41) is 0. The molecular weight excluding hydrogens is 384 g/mol. The normalized spacial score (nSPS) is 13.0. The van der Waals surface area contributed by atoms with Crippen LogP contribution in [0.5, 0.6) is 0 Å². The van der Waals surface area contributed by atoms with E-state index in [9.17, 15) is 4.79 Å². The molecule has 0 N–H and O–H groups in total. The molecule has 1 aliphatic rings. The number of rotatable bonds is 3. The lowest BCUT2D eigenvalue weighted by atomic mass is 10.0. The molecule has 31 heavy (non-hydrogen) atoms. The van der Waals surface area contributed by atoms with Gasteiger partial charge in [-0.15, -0.1) is 0 Å². The summed E-state index contributed by atoms with van der Waals surface area (Å²) in [5.41, 5.74) is 7.32. The van der Waals surface area contributed by atoms with Crippen molar-refractivity contribution in [3.8, 4) is 22.6 Å². The maximum atomic E-state index is 12.8. The molecule has 6 rings (SSSR count). The van der Waals surface area contributed by atoms with Gasteiger partial charge in [0.1, 0.15) is 5.52 Å². The fourth-order valence-corrected chi connectivity index (χ4v) is 4.11. The van der Waals surface area contributed by atoms with Gasteiger partial charge in [-0.25, -0.2) is 4.98 Å². The van der Waals surface area contributed by atoms with Crippen LogP contribution in [0.2, 0.25) is 0 Å². The molecule has 0 radical (unpaired) electrons. The van der Waals surface area contributed by atoms with Gasteiger partial charge < -0.3 is 9.32 Å². The molecule has 0 bridgehead atoms. The smallest absolute Gasteiger partial charge is 0.258 e. The Hall–Kier alpha value is -4.18. The van der Waals surface area contributed by atoms with Crippen LogP contribution in [0.25, 0.3) is 33.7 Å². The van der Waals surface area contributed by atoms with E-state index >= 15 is 0 Å². The van der Waals surface area contributed by atoms with Gasteiger partial charge in [-0.3, -0.25) is 4.79 Å². The molecule has 4 aromatic carbocycles. The highest BCUT2D eigenvalue weighted by molar-refractivity contribution is 6.10. The molecule has 4 nitrogen and oxygen atoms in total. The van der Waals surface area contributed by atoms with Gasteiger partial charge in [-0.05, 0) is 53.1 Å². The minimum absolute atomic E-state index is 0.0233. The molecule has 0 saturated heterocycles. The number of hydrogen-bond acceptors (Lipinski definition) is 3. The highest BCUT2D eigenvalue weighted by Gasteiger charge is 2.28. The second-order valence-corrected chi connectivity index (χ2v) is 7.66. The Kier molecular flexibility index (Phi) is 3.96. The molecule has 0 unspecified atom stereocenters. The summed E-state index contributed by atoms with van der Waals surface area (Å²) >= 11 is 0. The average Bonchev–Trinajstić information content (AvgIpc) is 3.41. The van der Waals surface area contributed by atoms with E-state index in [1.807, 2.05) is 72.8 Å². The van der Waals surface area contributed by atoms with Crippen molar-refractivity contribution in [2.45, 2.75) is 6.54 Å². The van der Waals surface area contributed by atoms with E-state index in [4.69, 9.17) is 4.42 Å². The predicted molar refractivity (Wildman–Crippen MR) is 122 cm³/mol. The summed E-state index contributed by atoms with van der Waals surface area (Å²) < 4.78 is 5.99. The number of anilines is 1. The first-order valence-corrected chi connectivity index (χ1v) is 10.2. The lowest BCUT2D eigenvalue weighted by Crippen LogP contribution is -2.22. The van der Waals surface area contributed by atoms with Crippen LogP contribution in [0.4, 0.5) is 5.69 Å². The average molecular weight is 402 g/mol. The topological polar surface area (TPSA) is 46.3 Å². The van der Waals surface area contributed by atoms with Crippen LogP contribution in [-0.2, 0) is 6.54 Å². The third-order valence-electron chi connectivity index (χ3n) is 5.74. The number of oxazole rings is 1. The van der Waals surface area contributed by atoms with Crippen LogP contribution in [-0.4, -0.2) is 10.9 Å². The fraction of sp³-hybridized carbons (Fsp3) is 0.0370. The lowest BCUT2D eigenvalue weighted by molar-refractivity contribution is 0.0996. The molecular formula is C27H18N2O2. The molecule has 1 aromatic heterocycles. The van der Waals surface area contributed by atoms with Gasteiger partial charge >= 0.3 is 0 Å². The first-order valence-electron chi connectivity index (χ1n) is 10.2. The number of carbonyl (C=O) groups excluding carboxylic acids is 1. The summed E-state index contributed by atoms with van der Waals surface area (Å²) in [5.74, 6) is 0.595. The maximum absolute atomic E-state index is 12.8. The Morgan fingerprint density at radius 1 is 0.742 bits per heavy atom. The van der Waals surface area contributed by atoms with Crippen molar-refractivity contribution in [1.82, 2.24) is 4.98 Å². The summed E-state index contributed by atoms with van der Waals surface area (Å²) in [7, 11) is 0. The molecule has 1 aliphatic heterocycles. The number of carbonyl (C=O) groups is 1. The Morgan fingerprint density at radius 3 is 2.26 bits per heavy atom. The molecule has 148 valence electrons. The number of amides is 1. The van der Waals surface area contributed by atoms with Gasteiger partial charge in [0.25, 0.3) is 5.91 Å². The molecule has 4 heteroatoms. The van der Waals surface area contributed by atoms with Crippen molar-refractivity contribution in [3.05, 3.63) is 108 Å². The second kappa shape index (κ2) is 6.96. The van der Waals surface area contributed by atoms with E-state index in [-0.39, 0.29) is 5.91 Å². The molecule has 0 spiro atoms. The van der Waals surface area contributed by atoms with Crippen LogP contribution < -0.4 is 4.90 Å². The SMILES string of the molecule is O=C1c2ccccc2CN1c1ccc2oc(-c3ccc(-c4ccccc4)cc3)nc2c1. The second-order valence-electron chi connectivity index (χ2n) is 7.66. The van der Waals surface area contributed by atoms with Crippen LogP contribution in [0, 0.1) is 0 Å². The van der Waals surface area contributed by atoms with E-state index in [1.165, 1.54) is 5.56 Å². The number of aromatic nitrogens is 1. The van der Waals surface area contributed by atoms with E-state index in [2.05, 4.69) is 29.2 Å². The molecule has 0 saturated carbocycles. The van der Waals surface area contributed by atoms with Crippen LogP contribution >= 0.6 is 0 Å². The van der Waals surface area contributed by atoms with Crippen LogP contribution in [0.3, 0.4) is 0 Å². The maximum Gasteiger partial charge on any atom is 0.258 e. The molecule has 1 amide bonds. The Labute approximate surface area is 179 Å².